The zero-order valence-corrected chi connectivity index (χ0v) is 18.2. The average Bonchev–Trinajstić information content (AvgIpc) is 3.28. The van der Waals surface area contributed by atoms with E-state index < -0.39 is 11.8 Å². The van der Waals surface area contributed by atoms with Crippen molar-refractivity contribution in [1.29, 1.82) is 0 Å². The molecule has 0 unspecified atom stereocenters. The van der Waals surface area contributed by atoms with Crippen molar-refractivity contribution in [2.45, 2.75) is 6.54 Å². The van der Waals surface area contributed by atoms with Gasteiger partial charge in [0.2, 0.25) is 11.8 Å². The van der Waals surface area contributed by atoms with E-state index >= 15 is 0 Å². The van der Waals surface area contributed by atoms with E-state index in [1.807, 2.05) is 24.3 Å². The van der Waals surface area contributed by atoms with Gasteiger partial charge in [-0.15, -0.1) is 0 Å². The number of carbonyl (C=O) groups excluding carboxylic acids is 3. The number of aromatic nitrogens is 1. The molecule has 0 bridgehead atoms. The molecule has 0 saturated carbocycles. The second-order valence-corrected chi connectivity index (χ2v) is 7.67. The fourth-order valence-corrected chi connectivity index (χ4v) is 3.99. The second kappa shape index (κ2) is 9.05. The highest BCUT2D eigenvalue weighted by Gasteiger charge is 2.18. The third-order valence-corrected chi connectivity index (χ3v) is 5.65. The summed E-state index contributed by atoms with van der Waals surface area (Å²) >= 11 is 0. The molecule has 0 aliphatic heterocycles. The molecule has 0 aliphatic rings. The monoisotopic (exact) mass is 453 g/mol. The van der Waals surface area contributed by atoms with Gasteiger partial charge in [-0.05, 0) is 58.7 Å². The molecule has 0 atom stereocenters. The number of primary amides is 2. The molecule has 3 amide bonds. The van der Waals surface area contributed by atoms with Gasteiger partial charge in [0.15, 0.2) is 0 Å². The van der Waals surface area contributed by atoms with Gasteiger partial charge in [-0.3, -0.25) is 14.4 Å². The van der Waals surface area contributed by atoms with E-state index in [-0.39, 0.29) is 12.5 Å². The molecular weight excluding hydrogens is 430 g/mol. The quantitative estimate of drug-likeness (QED) is 0.272. The van der Waals surface area contributed by atoms with Crippen LogP contribution in [0.1, 0.15) is 26.3 Å². The van der Waals surface area contributed by atoms with Gasteiger partial charge in [-0.1, -0.05) is 36.9 Å². The molecule has 0 radical (unpaired) electrons. The smallest absolute Gasteiger partial charge is 0.250 e. The van der Waals surface area contributed by atoms with Gasteiger partial charge in [0.1, 0.15) is 0 Å². The summed E-state index contributed by atoms with van der Waals surface area (Å²) in [6.07, 6.45) is 1.19. The summed E-state index contributed by atoms with van der Waals surface area (Å²) < 4.78 is 0. The van der Waals surface area contributed by atoms with E-state index in [1.54, 1.807) is 36.4 Å². The minimum atomic E-state index is -0.569. The molecule has 0 aliphatic carbocycles. The predicted molar refractivity (Wildman–Crippen MR) is 133 cm³/mol. The maximum absolute atomic E-state index is 12.1. The Balaban J connectivity index is 1.93. The van der Waals surface area contributed by atoms with Crippen LogP contribution in [0, 0.1) is 0 Å². The van der Waals surface area contributed by atoms with Gasteiger partial charge >= 0.3 is 0 Å². The van der Waals surface area contributed by atoms with Crippen molar-refractivity contribution in [3.63, 3.8) is 0 Å². The Kier molecular flexibility index (Phi) is 5.99. The molecule has 34 heavy (non-hydrogen) atoms. The van der Waals surface area contributed by atoms with Gasteiger partial charge in [0, 0.05) is 28.9 Å². The lowest BCUT2D eigenvalue weighted by atomic mass is 9.93. The van der Waals surface area contributed by atoms with Crippen molar-refractivity contribution in [3.05, 3.63) is 90.0 Å². The molecule has 3 aromatic carbocycles. The van der Waals surface area contributed by atoms with Crippen LogP contribution in [-0.4, -0.2) is 22.7 Å². The number of H-pyrrole nitrogens is 1. The number of nitrogens with one attached hydrogen (secondary N) is 2. The number of hydrogen-bond donors (Lipinski definition) is 5. The SMILES string of the molecule is C=CC(=O)Nc1cccc(-c2ccc(C(N)=O)c3[nH]c(-c4ccc(C(N)=O)cc4)cc23)c1CN. The zero-order valence-electron chi connectivity index (χ0n) is 18.2. The molecule has 0 spiro atoms. The number of aromatic amines is 1. The van der Waals surface area contributed by atoms with Crippen LogP contribution in [0.2, 0.25) is 0 Å². The van der Waals surface area contributed by atoms with Crippen molar-refractivity contribution >= 4 is 34.3 Å². The Hall–Kier alpha value is -4.69. The van der Waals surface area contributed by atoms with Crippen LogP contribution < -0.4 is 22.5 Å². The molecule has 8 heteroatoms. The Morgan fingerprint density at radius 1 is 0.941 bits per heavy atom. The van der Waals surface area contributed by atoms with Crippen molar-refractivity contribution in [2.75, 3.05) is 5.32 Å². The van der Waals surface area contributed by atoms with E-state index in [4.69, 9.17) is 17.2 Å². The normalized spacial score (nSPS) is 10.7. The largest absolute Gasteiger partial charge is 0.366 e. The third-order valence-electron chi connectivity index (χ3n) is 5.65. The summed E-state index contributed by atoms with van der Waals surface area (Å²) in [5.41, 5.74) is 22.8. The average molecular weight is 454 g/mol. The van der Waals surface area contributed by atoms with Crippen LogP contribution in [0.3, 0.4) is 0 Å². The first kappa shape index (κ1) is 22.5. The van der Waals surface area contributed by atoms with E-state index in [0.29, 0.717) is 22.3 Å². The van der Waals surface area contributed by atoms with Crippen LogP contribution in [0.5, 0.6) is 0 Å². The van der Waals surface area contributed by atoms with E-state index in [2.05, 4.69) is 16.9 Å². The van der Waals surface area contributed by atoms with Gasteiger partial charge < -0.3 is 27.5 Å². The number of nitrogens with two attached hydrogens (primary N) is 3. The second-order valence-electron chi connectivity index (χ2n) is 7.67. The van der Waals surface area contributed by atoms with Crippen LogP contribution in [0.15, 0.2) is 73.3 Å². The van der Waals surface area contributed by atoms with Gasteiger partial charge in [-0.25, -0.2) is 0 Å². The van der Waals surface area contributed by atoms with Crippen LogP contribution >= 0.6 is 0 Å². The van der Waals surface area contributed by atoms with E-state index in [0.717, 1.165) is 33.3 Å². The molecule has 4 rings (SSSR count). The molecular formula is C26H23N5O3. The van der Waals surface area contributed by atoms with E-state index in [1.165, 1.54) is 6.08 Å². The van der Waals surface area contributed by atoms with Crippen molar-refractivity contribution in [3.8, 4) is 22.4 Å². The zero-order chi connectivity index (χ0) is 24.4. The lowest BCUT2D eigenvalue weighted by Gasteiger charge is -2.15. The summed E-state index contributed by atoms with van der Waals surface area (Å²) in [7, 11) is 0. The molecule has 4 aromatic rings. The van der Waals surface area contributed by atoms with Crippen LogP contribution in [0.25, 0.3) is 33.3 Å². The van der Waals surface area contributed by atoms with Gasteiger partial charge in [0.05, 0.1) is 11.1 Å². The summed E-state index contributed by atoms with van der Waals surface area (Å²) in [5.74, 6) is -1.43. The van der Waals surface area contributed by atoms with Gasteiger partial charge in [-0.2, -0.15) is 0 Å². The molecule has 0 saturated heterocycles. The molecule has 1 heterocycles. The molecule has 8 N–H and O–H groups in total. The lowest BCUT2D eigenvalue weighted by molar-refractivity contribution is -0.111. The highest BCUT2D eigenvalue weighted by atomic mass is 16.2. The van der Waals surface area contributed by atoms with Crippen molar-refractivity contribution in [2.24, 2.45) is 17.2 Å². The Morgan fingerprint density at radius 2 is 1.68 bits per heavy atom. The Bertz CT molecular complexity index is 1450. The van der Waals surface area contributed by atoms with Gasteiger partial charge in [0.25, 0.3) is 5.91 Å². The number of carbonyl (C=O) groups is 3. The predicted octanol–water partition coefficient (Wildman–Crippen LogP) is 3.28. The fourth-order valence-electron chi connectivity index (χ4n) is 3.99. The van der Waals surface area contributed by atoms with Crippen molar-refractivity contribution in [1.82, 2.24) is 4.98 Å². The highest BCUT2D eigenvalue weighted by molar-refractivity contribution is 6.11. The summed E-state index contributed by atoms with van der Waals surface area (Å²) in [6, 6.07) is 17.7. The third kappa shape index (κ3) is 4.05. The molecule has 0 fully saturated rings. The number of amides is 3. The fraction of sp³-hybridized carbons (Fsp3) is 0.0385. The number of benzene rings is 3. The minimum absolute atomic E-state index is 0.174. The topological polar surface area (TPSA) is 157 Å². The van der Waals surface area contributed by atoms with Crippen LogP contribution in [0.4, 0.5) is 5.69 Å². The maximum atomic E-state index is 12.1. The first-order valence-electron chi connectivity index (χ1n) is 10.5. The van der Waals surface area contributed by atoms with Crippen LogP contribution in [-0.2, 0) is 11.3 Å². The number of fused-ring (bicyclic) bond motifs is 1. The van der Waals surface area contributed by atoms with E-state index in [9.17, 15) is 14.4 Å². The molecule has 170 valence electrons. The number of anilines is 1. The highest BCUT2D eigenvalue weighted by Crippen LogP contribution is 2.37. The summed E-state index contributed by atoms with van der Waals surface area (Å²) in [4.78, 5) is 38.7. The first-order chi connectivity index (χ1) is 16.3. The number of rotatable bonds is 7. The first-order valence-corrected chi connectivity index (χ1v) is 10.5. The minimum Gasteiger partial charge on any atom is -0.366 e. The Labute approximate surface area is 195 Å². The molecule has 8 nitrogen and oxygen atoms in total. The summed E-state index contributed by atoms with van der Waals surface area (Å²) in [6.45, 7) is 3.66. The number of hydrogen-bond acceptors (Lipinski definition) is 4. The lowest BCUT2D eigenvalue weighted by Crippen LogP contribution is -2.13. The standard InChI is InChI=1S/C26H23N5O3/c1-2-23(32)30-21-5-3-4-16(20(21)13-27)17-10-11-18(26(29)34)24-19(17)12-22(31-24)14-6-8-15(9-7-14)25(28)33/h2-12,31H,1,13,27H2,(H2,28,33)(H2,29,34)(H,30,32). The maximum Gasteiger partial charge on any atom is 0.250 e. The Morgan fingerprint density at radius 3 is 2.29 bits per heavy atom. The summed E-state index contributed by atoms with van der Waals surface area (Å²) in [5, 5.41) is 3.54. The molecule has 1 aromatic heterocycles. The van der Waals surface area contributed by atoms with Crippen molar-refractivity contribution < 1.29 is 14.4 Å².